The third-order valence-corrected chi connectivity index (χ3v) is 4.02. The van der Waals surface area contributed by atoms with Crippen molar-refractivity contribution in [3.05, 3.63) is 55.6 Å². The highest BCUT2D eigenvalue weighted by molar-refractivity contribution is 14.1. The molecule has 0 heterocycles. The lowest BCUT2D eigenvalue weighted by atomic mass is 10.1. The van der Waals surface area contributed by atoms with E-state index in [1.54, 1.807) is 18.2 Å². The van der Waals surface area contributed by atoms with Crippen molar-refractivity contribution in [3.63, 3.8) is 0 Å². The summed E-state index contributed by atoms with van der Waals surface area (Å²) in [6, 6.07) is 12.2. The molecule has 0 saturated heterocycles. The van der Waals surface area contributed by atoms with Crippen LogP contribution < -0.4 is 11.1 Å². The fourth-order valence-electron chi connectivity index (χ4n) is 1.62. The molecule has 0 spiro atoms. The highest BCUT2D eigenvalue weighted by Crippen LogP contribution is 2.22. The van der Waals surface area contributed by atoms with E-state index in [1.807, 2.05) is 18.2 Å². The Morgan fingerprint density at radius 3 is 2.75 bits per heavy atom. The molecule has 0 atom stereocenters. The Kier molecular flexibility index (Phi) is 4.62. The van der Waals surface area contributed by atoms with E-state index in [0.29, 0.717) is 22.5 Å². The first-order valence-corrected chi connectivity index (χ1v) is 7.44. The number of carbonyl (C=O) groups is 1. The van der Waals surface area contributed by atoms with Crippen molar-refractivity contribution in [2.24, 2.45) is 0 Å². The molecule has 0 fully saturated rings. The van der Waals surface area contributed by atoms with Gasteiger partial charge in [-0.25, -0.2) is 0 Å². The Hall–Kier alpha value is -1.59. The highest BCUT2D eigenvalue weighted by atomic mass is 127. The molecular weight excluding hydrogens is 433 g/mol. The van der Waals surface area contributed by atoms with Gasteiger partial charge in [-0.05, 0) is 59.0 Å². The fraction of sp³-hybridized carbons (Fsp3) is 0. The van der Waals surface area contributed by atoms with Crippen molar-refractivity contribution in [1.82, 2.24) is 0 Å². The number of carbonyl (C=O) groups excluding carboxylic acids is 1. The molecule has 100 valence electrons. The van der Waals surface area contributed by atoms with E-state index in [-0.39, 0.29) is 5.91 Å². The predicted molar refractivity (Wildman–Crippen MR) is 90.4 cm³/mol. The van der Waals surface area contributed by atoms with Gasteiger partial charge in [0, 0.05) is 13.7 Å². The minimum absolute atomic E-state index is 0.267. The van der Waals surface area contributed by atoms with Gasteiger partial charge in [-0.1, -0.05) is 15.9 Å². The molecule has 0 bridgehead atoms. The number of amides is 1. The first kappa shape index (κ1) is 14.8. The van der Waals surface area contributed by atoms with Crippen LogP contribution in [0.4, 0.5) is 11.4 Å². The van der Waals surface area contributed by atoms with Gasteiger partial charge < -0.3 is 11.1 Å². The van der Waals surface area contributed by atoms with Crippen molar-refractivity contribution in [3.8, 4) is 6.07 Å². The molecular formula is C14H9BrIN3O. The first-order valence-electron chi connectivity index (χ1n) is 5.57. The van der Waals surface area contributed by atoms with Crippen LogP contribution in [0.25, 0.3) is 0 Å². The minimum Gasteiger partial charge on any atom is -0.399 e. The monoisotopic (exact) mass is 441 g/mol. The number of nitrogens with zero attached hydrogens (tertiary/aromatic N) is 1. The van der Waals surface area contributed by atoms with Crippen molar-refractivity contribution in [2.75, 3.05) is 11.1 Å². The summed E-state index contributed by atoms with van der Waals surface area (Å²) in [5.41, 5.74) is 7.43. The molecule has 0 radical (unpaired) electrons. The zero-order valence-electron chi connectivity index (χ0n) is 10.2. The van der Waals surface area contributed by atoms with E-state index in [0.717, 1.165) is 8.04 Å². The number of nitriles is 1. The summed E-state index contributed by atoms with van der Waals surface area (Å²) in [7, 11) is 0. The number of hydrogen-bond donors (Lipinski definition) is 2. The third kappa shape index (κ3) is 3.29. The second-order valence-corrected chi connectivity index (χ2v) is 6.07. The van der Waals surface area contributed by atoms with Gasteiger partial charge in [0.1, 0.15) is 6.07 Å². The minimum atomic E-state index is -0.267. The SMILES string of the molecule is N#Cc1cc(N)ccc1NC(=O)c1cc(Br)ccc1I. The van der Waals surface area contributed by atoms with Crippen molar-refractivity contribution >= 4 is 55.8 Å². The largest absolute Gasteiger partial charge is 0.399 e. The number of benzene rings is 2. The smallest absolute Gasteiger partial charge is 0.256 e. The van der Waals surface area contributed by atoms with Gasteiger partial charge in [0.25, 0.3) is 5.91 Å². The second-order valence-electron chi connectivity index (χ2n) is 4.00. The van der Waals surface area contributed by atoms with E-state index in [9.17, 15) is 4.79 Å². The maximum atomic E-state index is 12.3. The van der Waals surface area contributed by atoms with Crippen LogP contribution in [-0.2, 0) is 0 Å². The average molecular weight is 442 g/mol. The van der Waals surface area contributed by atoms with Crippen LogP contribution in [0.2, 0.25) is 0 Å². The Morgan fingerprint density at radius 2 is 2.05 bits per heavy atom. The third-order valence-electron chi connectivity index (χ3n) is 2.59. The molecule has 2 rings (SSSR count). The molecule has 0 aliphatic rings. The second kappa shape index (κ2) is 6.24. The van der Waals surface area contributed by atoms with E-state index >= 15 is 0 Å². The summed E-state index contributed by atoms with van der Waals surface area (Å²) >= 11 is 5.43. The number of nitrogen functional groups attached to an aromatic ring is 1. The number of rotatable bonds is 2. The number of hydrogen-bond acceptors (Lipinski definition) is 3. The number of nitrogens with one attached hydrogen (secondary N) is 1. The molecule has 4 nitrogen and oxygen atoms in total. The van der Waals surface area contributed by atoms with Gasteiger partial charge in [-0.15, -0.1) is 0 Å². The van der Waals surface area contributed by atoms with Crippen LogP contribution in [0.5, 0.6) is 0 Å². The molecule has 6 heteroatoms. The van der Waals surface area contributed by atoms with E-state index < -0.39 is 0 Å². The van der Waals surface area contributed by atoms with Crippen LogP contribution in [-0.4, -0.2) is 5.91 Å². The summed E-state index contributed by atoms with van der Waals surface area (Å²) in [5.74, 6) is -0.267. The normalized spacial score (nSPS) is 9.85. The first-order chi connectivity index (χ1) is 9.51. The van der Waals surface area contributed by atoms with E-state index in [4.69, 9.17) is 11.0 Å². The van der Waals surface area contributed by atoms with Gasteiger partial charge in [0.05, 0.1) is 16.8 Å². The van der Waals surface area contributed by atoms with Crippen molar-refractivity contribution in [2.45, 2.75) is 0 Å². The van der Waals surface area contributed by atoms with Crippen molar-refractivity contribution < 1.29 is 4.79 Å². The summed E-state index contributed by atoms with van der Waals surface area (Å²) in [5, 5.41) is 11.8. The predicted octanol–water partition coefficient (Wildman–Crippen LogP) is 3.76. The Labute approximate surface area is 138 Å². The standard InChI is InChI=1S/C14H9BrIN3O/c15-9-1-3-12(16)11(6-9)14(20)19-13-4-2-10(18)5-8(13)7-17/h1-6H,18H2,(H,19,20). The summed E-state index contributed by atoms with van der Waals surface area (Å²) in [6.45, 7) is 0. The quantitative estimate of drug-likeness (QED) is 0.550. The molecule has 0 saturated carbocycles. The van der Waals surface area contributed by atoms with Gasteiger partial charge in [0.2, 0.25) is 0 Å². The molecule has 20 heavy (non-hydrogen) atoms. The van der Waals surface area contributed by atoms with Crippen LogP contribution in [0.3, 0.4) is 0 Å². The van der Waals surface area contributed by atoms with E-state index in [1.165, 1.54) is 6.07 Å². The zero-order valence-corrected chi connectivity index (χ0v) is 13.9. The number of anilines is 2. The molecule has 0 aliphatic heterocycles. The maximum absolute atomic E-state index is 12.3. The topological polar surface area (TPSA) is 78.9 Å². The molecule has 1 amide bonds. The van der Waals surface area contributed by atoms with Crippen molar-refractivity contribution in [1.29, 1.82) is 5.26 Å². The van der Waals surface area contributed by atoms with Crippen LogP contribution in [0.1, 0.15) is 15.9 Å². The molecule has 0 unspecified atom stereocenters. The Morgan fingerprint density at radius 1 is 1.30 bits per heavy atom. The summed E-state index contributed by atoms with van der Waals surface area (Å²) in [4.78, 5) is 12.3. The average Bonchev–Trinajstić information content (AvgIpc) is 2.43. The molecule has 0 aliphatic carbocycles. The number of nitrogens with two attached hydrogens (primary N) is 1. The Bertz CT molecular complexity index is 725. The lowest BCUT2D eigenvalue weighted by molar-refractivity contribution is 0.102. The fourth-order valence-corrected chi connectivity index (χ4v) is 2.57. The molecule has 0 aromatic heterocycles. The molecule has 2 aromatic carbocycles. The van der Waals surface area contributed by atoms with Gasteiger partial charge >= 0.3 is 0 Å². The molecule has 2 aromatic rings. The van der Waals surface area contributed by atoms with E-state index in [2.05, 4.69) is 43.8 Å². The van der Waals surface area contributed by atoms with Crippen LogP contribution in [0, 0.1) is 14.9 Å². The Balaban J connectivity index is 2.33. The van der Waals surface area contributed by atoms with Crippen LogP contribution in [0.15, 0.2) is 40.9 Å². The highest BCUT2D eigenvalue weighted by Gasteiger charge is 2.13. The van der Waals surface area contributed by atoms with Gasteiger partial charge in [-0.2, -0.15) is 5.26 Å². The molecule has 3 N–H and O–H groups in total. The summed E-state index contributed by atoms with van der Waals surface area (Å²) < 4.78 is 1.65. The van der Waals surface area contributed by atoms with Gasteiger partial charge in [-0.3, -0.25) is 4.79 Å². The summed E-state index contributed by atoms with van der Waals surface area (Å²) in [6.07, 6.45) is 0. The van der Waals surface area contributed by atoms with Gasteiger partial charge in [0.15, 0.2) is 0 Å². The number of halogens is 2. The maximum Gasteiger partial charge on any atom is 0.256 e. The lowest BCUT2D eigenvalue weighted by Gasteiger charge is -2.09. The van der Waals surface area contributed by atoms with Crippen LogP contribution >= 0.6 is 38.5 Å². The zero-order chi connectivity index (χ0) is 14.7. The lowest BCUT2D eigenvalue weighted by Crippen LogP contribution is -2.14.